The van der Waals surface area contributed by atoms with Crippen LogP contribution in [0.2, 0.25) is 10.0 Å². The molecule has 0 amide bonds. The molecule has 0 bridgehead atoms. The van der Waals surface area contributed by atoms with Gasteiger partial charge >= 0.3 is 0 Å². The molecule has 2 aromatic carbocycles. The van der Waals surface area contributed by atoms with Crippen LogP contribution in [0.5, 0.6) is 0 Å². The first-order chi connectivity index (χ1) is 15.0. The Hall–Kier alpha value is -1.34. The minimum Gasteiger partial charge on any atom is -0.358 e. The van der Waals surface area contributed by atoms with Crippen molar-refractivity contribution < 1.29 is 30.4 Å². The molecule has 1 spiro atoms. The summed E-state index contributed by atoms with van der Waals surface area (Å²) in [7, 11) is -8.45. The molecular formula is C19H18Cl2F2N2O5S2. The standard InChI is InChI=1S/C19H18Cl2F2N2O5S2/c20-13-1-3-17(15(22)11-13)31(26,27)24-7-5-19(6-8-24)25(9-10-30-19)32(28,29)18-4-2-14(21)12-16(18)23/h1-4,11-12H,5-10H2. The Morgan fingerprint density at radius 2 is 1.31 bits per heavy atom. The third-order valence-electron chi connectivity index (χ3n) is 5.60. The van der Waals surface area contributed by atoms with E-state index in [4.69, 9.17) is 27.9 Å². The van der Waals surface area contributed by atoms with Gasteiger partial charge in [0.05, 0.1) is 6.61 Å². The van der Waals surface area contributed by atoms with E-state index in [1.165, 1.54) is 12.1 Å². The highest BCUT2D eigenvalue weighted by atomic mass is 35.5. The van der Waals surface area contributed by atoms with Crippen molar-refractivity contribution in [2.75, 3.05) is 26.2 Å². The maximum absolute atomic E-state index is 14.4. The fraction of sp³-hybridized carbons (Fsp3) is 0.368. The molecule has 0 N–H and O–H groups in total. The highest BCUT2D eigenvalue weighted by Gasteiger charge is 2.52. The molecule has 2 saturated heterocycles. The summed E-state index contributed by atoms with van der Waals surface area (Å²) in [6.45, 7) is -0.158. The van der Waals surface area contributed by atoms with Gasteiger partial charge < -0.3 is 4.74 Å². The largest absolute Gasteiger partial charge is 0.358 e. The number of hydrogen-bond acceptors (Lipinski definition) is 5. The molecule has 2 aliphatic rings. The van der Waals surface area contributed by atoms with Gasteiger partial charge in [-0.1, -0.05) is 23.2 Å². The van der Waals surface area contributed by atoms with Crippen LogP contribution in [-0.2, 0) is 24.8 Å². The van der Waals surface area contributed by atoms with Gasteiger partial charge in [-0.2, -0.15) is 8.61 Å². The first kappa shape index (κ1) is 23.8. The van der Waals surface area contributed by atoms with E-state index in [0.29, 0.717) is 0 Å². The van der Waals surface area contributed by atoms with Crippen molar-refractivity contribution in [1.82, 2.24) is 8.61 Å². The first-order valence-electron chi connectivity index (χ1n) is 9.54. The van der Waals surface area contributed by atoms with Gasteiger partial charge in [0.1, 0.15) is 27.2 Å². The molecule has 2 heterocycles. The van der Waals surface area contributed by atoms with E-state index in [2.05, 4.69) is 0 Å². The topological polar surface area (TPSA) is 84.0 Å². The number of halogens is 4. The zero-order valence-corrected chi connectivity index (χ0v) is 19.6. The van der Waals surface area contributed by atoms with E-state index in [1.54, 1.807) is 0 Å². The number of piperidine rings is 1. The number of rotatable bonds is 4. The normalized spacial score (nSPS) is 20.1. The monoisotopic (exact) mass is 526 g/mol. The van der Waals surface area contributed by atoms with E-state index in [1.807, 2.05) is 0 Å². The second-order valence-corrected chi connectivity index (χ2v) is 12.0. The quantitative estimate of drug-likeness (QED) is 0.608. The van der Waals surface area contributed by atoms with Crippen molar-refractivity contribution in [2.24, 2.45) is 0 Å². The van der Waals surface area contributed by atoms with Crippen LogP contribution in [0.1, 0.15) is 12.8 Å². The molecule has 2 fully saturated rings. The lowest BCUT2D eigenvalue weighted by molar-refractivity contribution is -0.0807. The third-order valence-corrected chi connectivity index (χ3v) is 9.98. The van der Waals surface area contributed by atoms with Crippen LogP contribution in [0.15, 0.2) is 46.2 Å². The SMILES string of the molecule is O=S(=O)(c1ccc(Cl)cc1F)N1CCC2(CC1)OCCN2S(=O)(=O)c1ccc(Cl)cc1F. The molecule has 7 nitrogen and oxygen atoms in total. The molecule has 174 valence electrons. The fourth-order valence-corrected chi connectivity index (χ4v) is 7.61. The molecule has 0 atom stereocenters. The van der Waals surface area contributed by atoms with Crippen molar-refractivity contribution in [1.29, 1.82) is 0 Å². The smallest absolute Gasteiger partial charge is 0.248 e. The van der Waals surface area contributed by atoms with Crippen molar-refractivity contribution in [2.45, 2.75) is 28.4 Å². The Labute approximate surface area is 194 Å². The van der Waals surface area contributed by atoms with E-state index in [-0.39, 0.29) is 49.1 Å². The summed E-state index contributed by atoms with van der Waals surface area (Å²) in [5, 5.41) is 0.121. The molecular weight excluding hydrogens is 509 g/mol. The molecule has 0 aliphatic carbocycles. The number of nitrogens with zero attached hydrogens (tertiary/aromatic N) is 2. The summed E-state index contributed by atoms with van der Waals surface area (Å²) in [5.74, 6) is -1.96. The number of benzene rings is 2. The Balaban J connectivity index is 1.59. The average Bonchev–Trinajstić information content (AvgIpc) is 3.11. The van der Waals surface area contributed by atoms with Gasteiger partial charge in [-0.25, -0.2) is 25.6 Å². The maximum atomic E-state index is 14.4. The van der Waals surface area contributed by atoms with Crippen molar-refractivity contribution in [3.8, 4) is 0 Å². The van der Waals surface area contributed by atoms with Crippen LogP contribution in [0, 0.1) is 11.6 Å². The summed E-state index contributed by atoms with van der Waals surface area (Å²) in [4.78, 5) is -1.05. The van der Waals surface area contributed by atoms with Gasteiger partial charge in [0, 0.05) is 42.5 Å². The fourth-order valence-electron chi connectivity index (χ4n) is 4.03. The highest BCUT2D eigenvalue weighted by Crippen LogP contribution is 2.40. The Morgan fingerprint density at radius 1 is 0.812 bits per heavy atom. The van der Waals surface area contributed by atoms with Crippen molar-refractivity contribution in [3.63, 3.8) is 0 Å². The number of hydrogen-bond donors (Lipinski definition) is 0. The van der Waals surface area contributed by atoms with Crippen LogP contribution in [0.3, 0.4) is 0 Å². The summed E-state index contributed by atoms with van der Waals surface area (Å²) in [6, 6.07) is 6.54. The van der Waals surface area contributed by atoms with Crippen LogP contribution in [0.25, 0.3) is 0 Å². The zero-order valence-electron chi connectivity index (χ0n) is 16.5. The van der Waals surface area contributed by atoms with Gasteiger partial charge in [0.25, 0.3) is 0 Å². The van der Waals surface area contributed by atoms with Gasteiger partial charge in [-0.3, -0.25) is 0 Å². The van der Waals surface area contributed by atoms with E-state index in [9.17, 15) is 25.6 Å². The van der Waals surface area contributed by atoms with E-state index < -0.39 is 47.2 Å². The average molecular weight is 527 g/mol. The maximum Gasteiger partial charge on any atom is 0.248 e. The predicted octanol–water partition coefficient (Wildman–Crippen LogP) is 3.47. The van der Waals surface area contributed by atoms with Gasteiger partial charge in [-0.15, -0.1) is 0 Å². The summed E-state index contributed by atoms with van der Waals surface area (Å²) >= 11 is 11.4. The second-order valence-electron chi connectivity index (χ2n) is 7.43. The summed E-state index contributed by atoms with van der Waals surface area (Å²) < 4.78 is 88.7. The molecule has 2 aliphatic heterocycles. The van der Waals surface area contributed by atoms with Gasteiger partial charge in [0.15, 0.2) is 0 Å². The minimum atomic E-state index is -4.28. The Bertz CT molecular complexity index is 1270. The van der Waals surface area contributed by atoms with Crippen LogP contribution >= 0.6 is 23.2 Å². The second kappa shape index (κ2) is 8.46. The minimum absolute atomic E-state index is 0.00409. The molecule has 0 unspecified atom stereocenters. The molecule has 4 rings (SSSR count). The van der Waals surface area contributed by atoms with Gasteiger partial charge in [0.2, 0.25) is 20.0 Å². The zero-order chi connectivity index (χ0) is 23.3. The predicted molar refractivity (Wildman–Crippen MR) is 113 cm³/mol. The molecule has 0 aromatic heterocycles. The lowest BCUT2D eigenvalue weighted by Crippen LogP contribution is -2.55. The first-order valence-corrected chi connectivity index (χ1v) is 13.2. The third kappa shape index (κ3) is 4.04. The molecule has 0 saturated carbocycles. The lowest BCUT2D eigenvalue weighted by Gasteiger charge is -2.42. The van der Waals surface area contributed by atoms with Gasteiger partial charge in [-0.05, 0) is 36.4 Å². The molecule has 32 heavy (non-hydrogen) atoms. The van der Waals surface area contributed by atoms with Crippen LogP contribution in [-0.4, -0.2) is 57.4 Å². The Morgan fingerprint density at radius 3 is 1.81 bits per heavy atom. The van der Waals surface area contributed by atoms with Crippen LogP contribution in [0.4, 0.5) is 8.78 Å². The number of sulfonamides is 2. The van der Waals surface area contributed by atoms with Crippen LogP contribution < -0.4 is 0 Å². The van der Waals surface area contributed by atoms with Crippen molar-refractivity contribution >= 4 is 43.2 Å². The summed E-state index contributed by atoms with van der Waals surface area (Å²) in [5.41, 5.74) is -1.32. The van der Waals surface area contributed by atoms with E-state index in [0.717, 1.165) is 32.9 Å². The Kier molecular flexibility index (Phi) is 6.29. The van der Waals surface area contributed by atoms with E-state index >= 15 is 0 Å². The number of ether oxygens (including phenoxy) is 1. The van der Waals surface area contributed by atoms with Crippen molar-refractivity contribution in [3.05, 3.63) is 58.1 Å². The molecule has 13 heteroatoms. The molecule has 2 aromatic rings. The lowest BCUT2D eigenvalue weighted by atomic mass is 10.0. The molecule has 0 radical (unpaired) electrons. The summed E-state index contributed by atoms with van der Waals surface area (Å²) in [6.07, 6.45) is -0.00818. The highest BCUT2D eigenvalue weighted by molar-refractivity contribution is 7.89.